The van der Waals surface area contributed by atoms with E-state index in [0.717, 1.165) is 87.2 Å². The number of anilines is 2. The zero-order chi connectivity index (χ0) is 39.6. The summed E-state index contributed by atoms with van der Waals surface area (Å²) in [6, 6.07) is 12.7. The minimum absolute atomic E-state index is 0.0174. The molecule has 0 bridgehead atoms. The highest BCUT2D eigenvalue weighted by atomic mass is 35.5. The maximum atomic E-state index is 13.7. The average molecular weight is 798 g/mol. The first kappa shape index (κ1) is 38.7. The van der Waals surface area contributed by atoms with E-state index >= 15 is 0 Å². The highest BCUT2D eigenvalue weighted by Gasteiger charge is 2.45. The molecule has 8 rings (SSSR count). The second-order valence-corrected chi connectivity index (χ2v) is 15.7. The number of ether oxygens (including phenoxy) is 2. The van der Waals surface area contributed by atoms with Gasteiger partial charge in [-0.25, -0.2) is 14.4 Å². The summed E-state index contributed by atoms with van der Waals surface area (Å²) in [7, 11) is 1.60. The monoisotopic (exact) mass is 797 g/mol. The summed E-state index contributed by atoms with van der Waals surface area (Å²) in [5.41, 5.74) is 3.00. The van der Waals surface area contributed by atoms with Gasteiger partial charge in [-0.2, -0.15) is 0 Å². The van der Waals surface area contributed by atoms with E-state index in [4.69, 9.17) is 21.1 Å². The summed E-state index contributed by atoms with van der Waals surface area (Å²) in [5, 5.41) is 6.21. The topological polar surface area (TPSA) is 146 Å². The third-order valence-corrected chi connectivity index (χ3v) is 12.0. The van der Waals surface area contributed by atoms with Gasteiger partial charge in [-0.05, 0) is 119 Å². The summed E-state index contributed by atoms with van der Waals surface area (Å²) in [6.07, 6.45) is 6.83. The summed E-state index contributed by atoms with van der Waals surface area (Å²) < 4.78 is 25.5. The van der Waals surface area contributed by atoms with Crippen molar-refractivity contribution in [3.63, 3.8) is 0 Å². The van der Waals surface area contributed by atoms with Crippen LogP contribution in [0.3, 0.4) is 0 Å². The number of carbonyl (C=O) groups is 4. The van der Waals surface area contributed by atoms with Crippen LogP contribution in [0.25, 0.3) is 10.9 Å². The van der Waals surface area contributed by atoms with Gasteiger partial charge in [0.2, 0.25) is 11.8 Å². The number of aromatic nitrogens is 2. The zero-order valence-corrected chi connectivity index (χ0v) is 32.5. The Morgan fingerprint density at radius 1 is 0.877 bits per heavy atom. The lowest BCUT2D eigenvalue weighted by Crippen LogP contribution is -2.54. The number of hydrogen-bond acceptors (Lipinski definition) is 11. The molecule has 0 saturated carbocycles. The maximum Gasteiger partial charge on any atom is 0.262 e. The van der Waals surface area contributed by atoms with Gasteiger partial charge in [0.15, 0.2) is 11.5 Å². The van der Waals surface area contributed by atoms with Crippen LogP contribution in [0, 0.1) is 11.7 Å². The van der Waals surface area contributed by atoms with Crippen LogP contribution in [0.5, 0.6) is 11.5 Å². The average Bonchev–Trinajstić information content (AvgIpc) is 3.46. The molecular weight excluding hydrogens is 753 g/mol. The van der Waals surface area contributed by atoms with E-state index in [9.17, 15) is 23.6 Å². The number of benzene rings is 3. The van der Waals surface area contributed by atoms with Gasteiger partial charge in [0.1, 0.15) is 24.0 Å². The number of likely N-dealkylation sites (tertiary alicyclic amines) is 2. The molecule has 3 saturated heterocycles. The molecule has 1 unspecified atom stereocenters. The van der Waals surface area contributed by atoms with Gasteiger partial charge in [0, 0.05) is 36.7 Å². The van der Waals surface area contributed by atoms with Gasteiger partial charge in [0.05, 0.1) is 35.4 Å². The van der Waals surface area contributed by atoms with Crippen LogP contribution in [-0.4, -0.2) is 107 Å². The number of nitrogens with one attached hydrogen (secondary N) is 2. The molecule has 15 heteroatoms. The second-order valence-electron chi connectivity index (χ2n) is 15.3. The van der Waals surface area contributed by atoms with E-state index in [1.165, 1.54) is 18.5 Å². The first-order chi connectivity index (χ1) is 27.6. The predicted octanol–water partition coefficient (Wildman–Crippen LogP) is 5.94. The molecule has 57 heavy (non-hydrogen) atoms. The Balaban J connectivity index is 0.777. The van der Waals surface area contributed by atoms with Gasteiger partial charge in [-0.1, -0.05) is 17.7 Å². The SMILES string of the molecule is COc1cc2ncnc(Nc3ccc(F)c(Cl)c3)c2cc1OCCCN1CCC(CN2CCC(c3ccc4c(c3)C(=O)N(C3CCC(=O)NC3=O)C4=O)CC2)CC1. The Morgan fingerprint density at radius 3 is 2.40 bits per heavy atom. The molecule has 13 nitrogen and oxygen atoms in total. The number of amides is 4. The van der Waals surface area contributed by atoms with E-state index in [0.29, 0.717) is 58.1 Å². The van der Waals surface area contributed by atoms with Crippen molar-refractivity contribution in [3.8, 4) is 11.5 Å². The van der Waals surface area contributed by atoms with Crippen LogP contribution in [0.4, 0.5) is 15.9 Å². The molecule has 4 aromatic rings. The largest absolute Gasteiger partial charge is 0.493 e. The summed E-state index contributed by atoms with van der Waals surface area (Å²) in [6.45, 7) is 6.62. The van der Waals surface area contributed by atoms with Crippen LogP contribution >= 0.6 is 11.6 Å². The Hall–Kier alpha value is -5.18. The van der Waals surface area contributed by atoms with Crippen molar-refractivity contribution in [2.75, 3.05) is 58.3 Å². The summed E-state index contributed by atoms with van der Waals surface area (Å²) in [5.74, 6) is 0.264. The predicted molar refractivity (Wildman–Crippen MR) is 212 cm³/mol. The molecule has 298 valence electrons. The number of fused-ring (bicyclic) bond motifs is 2. The number of methoxy groups -OCH3 is 1. The number of nitrogens with zero attached hydrogens (tertiary/aromatic N) is 5. The maximum absolute atomic E-state index is 13.7. The van der Waals surface area contributed by atoms with Crippen molar-refractivity contribution in [3.05, 3.63) is 82.4 Å². The zero-order valence-electron chi connectivity index (χ0n) is 31.8. The van der Waals surface area contributed by atoms with E-state index in [1.54, 1.807) is 19.2 Å². The van der Waals surface area contributed by atoms with Crippen molar-refractivity contribution in [1.82, 2.24) is 30.0 Å². The Morgan fingerprint density at radius 2 is 1.65 bits per heavy atom. The number of piperidine rings is 3. The summed E-state index contributed by atoms with van der Waals surface area (Å²) >= 11 is 5.98. The normalized spacial score (nSPS) is 19.9. The molecule has 1 atom stereocenters. The fourth-order valence-corrected chi connectivity index (χ4v) is 8.75. The molecule has 3 aromatic carbocycles. The Bertz CT molecular complexity index is 2210. The van der Waals surface area contributed by atoms with Crippen LogP contribution in [0.15, 0.2) is 54.9 Å². The molecule has 0 spiro atoms. The lowest BCUT2D eigenvalue weighted by Gasteiger charge is -2.38. The number of hydrogen-bond donors (Lipinski definition) is 2. The fourth-order valence-electron chi connectivity index (χ4n) is 8.57. The van der Waals surface area contributed by atoms with Crippen molar-refractivity contribution in [2.24, 2.45) is 5.92 Å². The van der Waals surface area contributed by atoms with Crippen molar-refractivity contribution in [2.45, 2.75) is 56.9 Å². The van der Waals surface area contributed by atoms with Crippen molar-refractivity contribution in [1.29, 1.82) is 0 Å². The Labute approximate surface area is 334 Å². The molecule has 5 heterocycles. The smallest absolute Gasteiger partial charge is 0.262 e. The van der Waals surface area contributed by atoms with Crippen molar-refractivity contribution < 1.29 is 33.0 Å². The van der Waals surface area contributed by atoms with E-state index in [2.05, 4.69) is 30.4 Å². The summed E-state index contributed by atoms with van der Waals surface area (Å²) in [4.78, 5) is 65.4. The first-order valence-corrected chi connectivity index (χ1v) is 20.0. The van der Waals surface area contributed by atoms with E-state index < -0.39 is 29.6 Å². The van der Waals surface area contributed by atoms with Gasteiger partial charge in [0.25, 0.3) is 11.8 Å². The molecule has 4 amide bonds. The van der Waals surface area contributed by atoms with E-state index in [-0.39, 0.29) is 23.8 Å². The molecule has 0 aliphatic carbocycles. The van der Waals surface area contributed by atoms with Crippen LogP contribution in [0.2, 0.25) is 5.02 Å². The molecule has 0 radical (unpaired) electrons. The molecular formula is C42H45ClFN7O6. The quantitative estimate of drug-likeness (QED) is 0.130. The number of carbonyl (C=O) groups excluding carboxylic acids is 4. The highest BCUT2D eigenvalue weighted by molar-refractivity contribution is 6.31. The lowest BCUT2D eigenvalue weighted by molar-refractivity contribution is -0.136. The second kappa shape index (κ2) is 16.7. The van der Waals surface area contributed by atoms with Gasteiger partial charge >= 0.3 is 0 Å². The molecule has 3 fully saturated rings. The third kappa shape index (κ3) is 8.30. The van der Waals surface area contributed by atoms with Crippen molar-refractivity contribution >= 4 is 57.6 Å². The molecule has 4 aliphatic rings. The molecule has 1 aromatic heterocycles. The molecule has 2 N–H and O–H groups in total. The van der Waals surface area contributed by atoms with Gasteiger partial charge < -0.3 is 24.6 Å². The minimum Gasteiger partial charge on any atom is -0.493 e. The Kier molecular flexibility index (Phi) is 11.4. The van der Waals surface area contributed by atoms with E-state index in [1.807, 2.05) is 24.3 Å². The van der Waals surface area contributed by atoms with Crippen LogP contribution in [-0.2, 0) is 9.59 Å². The standard InChI is InChI=1S/C42H45ClFN7O6/c1-56-36-22-34-31(39(46-24-45-34)47-28-4-6-33(44)32(43)20-28)21-37(36)57-18-2-13-49-14-9-25(10-15-49)23-50-16-11-26(12-17-50)27-3-5-29-30(19-27)42(55)51(41(29)54)35-7-8-38(52)48-40(35)53/h3-6,19-22,24-26,35H,2,7-18,23H2,1H3,(H,45,46,47)(H,48,52,53). The third-order valence-electron chi connectivity index (χ3n) is 11.7. The number of halogens is 2. The molecule has 4 aliphatic heterocycles. The number of imide groups is 2. The lowest BCUT2D eigenvalue weighted by atomic mass is 9.87. The van der Waals surface area contributed by atoms with Gasteiger partial charge in [-0.3, -0.25) is 29.4 Å². The van der Waals surface area contributed by atoms with Gasteiger partial charge in [-0.15, -0.1) is 0 Å². The van der Waals surface area contributed by atoms with Crippen LogP contribution < -0.4 is 20.1 Å². The van der Waals surface area contributed by atoms with Crippen LogP contribution in [0.1, 0.15) is 77.1 Å². The fraction of sp³-hybridized carbons (Fsp3) is 0.429. The highest BCUT2D eigenvalue weighted by Crippen LogP contribution is 2.37. The first-order valence-electron chi connectivity index (χ1n) is 19.6. The number of rotatable bonds is 12. The minimum atomic E-state index is -0.957.